The molecule has 1 aliphatic rings. The van der Waals surface area contributed by atoms with Gasteiger partial charge in [-0.3, -0.25) is 4.90 Å². The van der Waals surface area contributed by atoms with Crippen LogP contribution >= 0.6 is 0 Å². The molecule has 0 saturated carbocycles. The lowest BCUT2D eigenvalue weighted by Gasteiger charge is -2.25. The molecule has 106 valence electrons. The molecule has 3 nitrogen and oxygen atoms in total. The Balaban J connectivity index is 2.09. The normalized spacial score (nSPS) is 19.6. The van der Waals surface area contributed by atoms with Gasteiger partial charge in [0.05, 0.1) is 0 Å². The van der Waals surface area contributed by atoms with Gasteiger partial charge in [-0.2, -0.15) is 0 Å². The molecule has 0 bridgehead atoms. The molecule has 0 N–H and O–H groups in total. The molecule has 3 rings (SSSR count). The standard InChI is InChI=1S/C17H23N3/c1-4-19-12-6-8-16(19)15-7-5-11-18-17(15)20-13(2)9-10-14(20)3/h5,7,9-11,16H,4,6,8,12H2,1-3H3/t16-/m0/s1. The number of hydrogen-bond acceptors (Lipinski definition) is 2. The Bertz CT molecular complexity index is 581. The van der Waals surface area contributed by atoms with Gasteiger partial charge in [-0.25, -0.2) is 4.98 Å². The van der Waals surface area contributed by atoms with Gasteiger partial charge < -0.3 is 4.57 Å². The van der Waals surface area contributed by atoms with Gasteiger partial charge in [0.25, 0.3) is 0 Å². The largest absolute Gasteiger partial charge is 0.303 e. The second kappa shape index (κ2) is 5.41. The zero-order chi connectivity index (χ0) is 14.1. The highest BCUT2D eigenvalue weighted by atomic mass is 15.2. The van der Waals surface area contributed by atoms with E-state index in [2.05, 4.69) is 54.5 Å². The average Bonchev–Trinajstić information content (AvgIpc) is 3.06. The molecule has 2 aromatic heterocycles. The molecule has 1 aliphatic heterocycles. The summed E-state index contributed by atoms with van der Waals surface area (Å²) in [7, 11) is 0. The van der Waals surface area contributed by atoms with E-state index in [4.69, 9.17) is 4.98 Å². The van der Waals surface area contributed by atoms with Crippen molar-refractivity contribution in [1.82, 2.24) is 14.5 Å². The summed E-state index contributed by atoms with van der Waals surface area (Å²) >= 11 is 0. The van der Waals surface area contributed by atoms with E-state index in [0.717, 1.165) is 12.4 Å². The molecule has 3 heteroatoms. The molecular formula is C17H23N3. The lowest BCUT2D eigenvalue weighted by Crippen LogP contribution is -2.24. The van der Waals surface area contributed by atoms with Gasteiger partial charge in [-0.15, -0.1) is 0 Å². The first-order chi connectivity index (χ1) is 9.72. The Hall–Kier alpha value is -1.61. The van der Waals surface area contributed by atoms with Crippen LogP contribution in [0, 0.1) is 13.8 Å². The van der Waals surface area contributed by atoms with Gasteiger partial charge in [0.15, 0.2) is 0 Å². The molecule has 0 aliphatic carbocycles. The third-order valence-corrected chi connectivity index (χ3v) is 4.43. The average molecular weight is 269 g/mol. The van der Waals surface area contributed by atoms with Gasteiger partial charge in [-0.1, -0.05) is 13.0 Å². The van der Waals surface area contributed by atoms with Crippen LogP contribution < -0.4 is 0 Å². The topological polar surface area (TPSA) is 21.1 Å². The number of hydrogen-bond donors (Lipinski definition) is 0. The van der Waals surface area contributed by atoms with E-state index in [9.17, 15) is 0 Å². The van der Waals surface area contributed by atoms with E-state index in [1.807, 2.05) is 6.20 Å². The number of aromatic nitrogens is 2. The van der Waals surface area contributed by atoms with Crippen molar-refractivity contribution in [3.05, 3.63) is 47.4 Å². The van der Waals surface area contributed by atoms with Crippen LogP contribution in [0.1, 0.15) is 42.8 Å². The predicted octanol–water partition coefficient (Wildman–Crippen LogP) is 3.65. The Morgan fingerprint density at radius 3 is 2.65 bits per heavy atom. The maximum absolute atomic E-state index is 4.69. The maximum atomic E-state index is 4.69. The fraction of sp³-hybridized carbons (Fsp3) is 0.471. The molecular weight excluding hydrogens is 246 g/mol. The Kier molecular flexibility index (Phi) is 3.62. The van der Waals surface area contributed by atoms with Crippen molar-refractivity contribution in [2.45, 2.75) is 39.7 Å². The Morgan fingerprint density at radius 1 is 1.20 bits per heavy atom. The van der Waals surface area contributed by atoms with E-state index in [1.165, 1.54) is 36.3 Å². The van der Waals surface area contributed by atoms with Crippen molar-refractivity contribution in [3.8, 4) is 5.82 Å². The van der Waals surface area contributed by atoms with Crippen molar-refractivity contribution >= 4 is 0 Å². The van der Waals surface area contributed by atoms with Crippen molar-refractivity contribution < 1.29 is 0 Å². The molecule has 0 aromatic carbocycles. The van der Waals surface area contributed by atoms with Crippen LogP contribution in [-0.2, 0) is 0 Å². The van der Waals surface area contributed by atoms with Crippen LogP contribution in [-0.4, -0.2) is 27.5 Å². The Labute approximate surface area is 121 Å². The first-order valence-electron chi connectivity index (χ1n) is 7.56. The summed E-state index contributed by atoms with van der Waals surface area (Å²) in [6.45, 7) is 8.87. The number of nitrogens with zero attached hydrogens (tertiary/aromatic N) is 3. The van der Waals surface area contributed by atoms with Crippen molar-refractivity contribution in [2.75, 3.05) is 13.1 Å². The second-order valence-corrected chi connectivity index (χ2v) is 5.65. The smallest absolute Gasteiger partial charge is 0.141 e. The van der Waals surface area contributed by atoms with Crippen molar-refractivity contribution in [1.29, 1.82) is 0 Å². The summed E-state index contributed by atoms with van der Waals surface area (Å²) < 4.78 is 2.28. The fourth-order valence-electron chi connectivity index (χ4n) is 3.42. The molecule has 0 unspecified atom stereocenters. The quantitative estimate of drug-likeness (QED) is 0.848. The summed E-state index contributed by atoms with van der Waals surface area (Å²) in [6, 6.07) is 9.17. The molecule has 1 saturated heterocycles. The highest BCUT2D eigenvalue weighted by molar-refractivity contribution is 5.41. The van der Waals surface area contributed by atoms with Gasteiger partial charge in [0.1, 0.15) is 5.82 Å². The summed E-state index contributed by atoms with van der Waals surface area (Å²) in [5.74, 6) is 1.11. The van der Waals surface area contributed by atoms with Gasteiger partial charge in [0.2, 0.25) is 0 Å². The van der Waals surface area contributed by atoms with E-state index < -0.39 is 0 Å². The van der Waals surface area contributed by atoms with Gasteiger partial charge >= 0.3 is 0 Å². The molecule has 3 heterocycles. The lowest BCUT2D eigenvalue weighted by atomic mass is 10.1. The van der Waals surface area contributed by atoms with Crippen LogP contribution in [0.2, 0.25) is 0 Å². The predicted molar refractivity (Wildman–Crippen MR) is 82.3 cm³/mol. The van der Waals surface area contributed by atoms with E-state index in [1.54, 1.807) is 0 Å². The number of aryl methyl sites for hydroxylation is 2. The molecule has 1 atom stereocenters. The summed E-state index contributed by atoms with van der Waals surface area (Å²) in [5.41, 5.74) is 3.88. The summed E-state index contributed by atoms with van der Waals surface area (Å²) in [6.07, 6.45) is 4.44. The zero-order valence-corrected chi connectivity index (χ0v) is 12.6. The lowest BCUT2D eigenvalue weighted by molar-refractivity contribution is 0.271. The number of pyridine rings is 1. The third-order valence-electron chi connectivity index (χ3n) is 4.43. The van der Waals surface area contributed by atoms with Gasteiger partial charge in [-0.05, 0) is 58.0 Å². The monoisotopic (exact) mass is 269 g/mol. The van der Waals surface area contributed by atoms with Crippen LogP contribution in [0.3, 0.4) is 0 Å². The fourth-order valence-corrected chi connectivity index (χ4v) is 3.42. The summed E-state index contributed by atoms with van der Waals surface area (Å²) in [4.78, 5) is 7.26. The van der Waals surface area contributed by atoms with E-state index >= 15 is 0 Å². The van der Waals surface area contributed by atoms with Crippen molar-refractivity contribution in [3.63, 3.8) is 0 Å². The zero-order valence-electron chi connectivity index (χ0n) is 12.6. The van der Waals surface area contributed by atoms with Crippen LogP contribution in [0.25, 0.3) is 5.82 Å². The minimum Gasteiger partial charge on any atom is -0.303 e. The SMILES string of the molecule is CCN1CCC[C@H]1c1cccnc1-n1c(C)ccc1C. The minimum absolute atomic E-state index is 0.518. The Morgan fingerprint density at radius 2 is 1.95 bits per heavy atom. The molecule has 20 heavy (non-hydrogen) atoms. The first kappa shape index (κ1) is 13.4. The maximum Gasteiger partial charge on any atom is 0.141 e. The van der Waals surface area contributed by atoms with Crippen LogP contribution in [0.5, 0.6) is 0 Å². The molecule has 0 amide bonds. The highest BCUT2D eigenvalue weighted by Crippen LogP contribution is 2.34. The second-order valence-electron chi connectivity index (χ2n) is 5.65. The van der Waals surface area contributed by atoms with Crippen LogP contribution in [0.15, 0.2) is 30.5 Å². The molecule has 0 radical (unpaired) electrons. The molecule has 1 fully saturated rings. The van der Waals surface area contributed by atoms with Crippen molar-refractivity contribution in [2.24, 2.45) is 0 Å². The van der Waals surface area contributed by atoms with E-state index in [0.29, 0.717) is 6.04 Å². The van der Waals surface area contributed by atoms with Crippen LogP contribution in [0.4, 0.5) is 0 Å². The number of rotatable bonds is 3. The minimum atomic E-state index is 0.518. The third kappa shape index (κ3) is 2.16. The number of likely N-dealkylation sites (tertiary alicyclic amines) is 1. The molecule has 2 aromatic rings. The molecule has 0 spiro atoms. The first-order valence-corrected chi connectivity index (χ1v) is 7.56. The summed E-state index contributed by atoms with van der Waals surface area (Å²) in [5, 5.41) is 0. The highest BCUT2D eigenvalue weighted by Gasteiger charge is 2.27. The van der Waals surface area contributed by atoms with E-state index in [-0.39, 0.29) is 0 Å². The van der Waals surface area contributed by atoms with Gasteiger partial charge in [0, 0.05) is 29.2 Å².